The Bertz CT molecular complexity index is 557. The highest BCUT2D eigenvalue weighted by molar-refractivity contribution is 9.10. The Balaban J connectivity index is 2.13. The van der Waals surface area contributed by atoms with Crippen molar-refractivity contribution in [2.75, 3.05) is 13.2 Å². The summed E-state index contributed by atoms with van der Waals surface area (Å²) in [7, 11) is -3.30. The SMILES string of the molecule is CC(C)NS(=O)(=O)[C@H]1CCOC[C@H]1Cc1ccc(Br)cc1. The van der Waals surface area contributed by atoms with Gasteiger partial charge in [0.05, 0.1) is 11.9 Å². The van der Waals surface area contributed by atoms with Gasteiger partial charge in [-0.3, -0.25) is 0 Å². The van der Waals surface area contributed by atoms with Crippen LogP contribution in [0.2, 0.25) is 0 Å². The van der Waals surface area contributed by atoms with E-state index < -0.39 is 10.0 Å². The number of rotatable bonds is 5. The van der Waals surface area contributed by atoms with Crippen LogP contribution in [0.25, 0.3) is 0 Å². The van der Waals surface area contributed by atoms with Crippen LogP contribution in [0.1, 0.15) is 25.8 Å². The second-order valence-corrected chi connectivity index (χ2v) is 8.66. The number of ether oxygens (including phenoxy) is 1. The van der Waals surface area contributed by atoms with E-state index in [4.69, 9.17) is 4.74 Å². The van der Waals surface area contributed by atoms with E-state index in [2.05, 4.69) is 20.7 Å². The summed E-state index contributed by atoms with van der Waals surface area (Å²) < 4.78 is 34.2. The third-order valence-electron chi connectivity index (χ3n) is 3.61. The molecule has 0 aliphatic carbocycles. The molecule has 0 aromatic heterocycles. The summed E-state index contributed by atoms with van der Waals surface area (Å²) in [4.78, 5) is 0. The van der Waals surface area contributed by atoms with Crippen molar-refractivity contribution in [3.8, 4) is 0 Å². The van der Waals surface area contributed by atoms with Gasteiger partial charge in [-0.25, -0.2) is 13.1 Å². The highest BCUT2D eigenvalue weighted by Gasteiger charge is 2.36. The molecule has 1 N–H and O–H groups in total. The number of nitrogens with one attached hydrogen (secondary N) is 1. The molecule has 1 aliphatic heterocycles. The van der Waals surface area contributed by atoms with Crippen LogP contribution in [0, 0.1) is 5.92 Å². The van der Waals surface area contributed by atoms with Crippen molar-refractivity contribution in [3.05, 3.63) is 34.3 Å². The average Bonchev–Trinajstić information content (AvgIpc) is 2.40. The van der Waals surface area contributed by atoms with Crippen LogP contribution in [0.15, 0.2) is 28.7 Å². The first kappa shape index (κ1) is 16.9. The predicted molar refractivity (Wildman–Crippen MR) is 87.8 cm³/mol. The van der Waals surface area contributed by atoms with E-state index in [1.54, 1.807) is 0 Å². The summed E-state index contributed by atoms with van der Waals surface area (Å²) in [5.41, 5.74) is 1.14. The van der Waals surface area contributed by atoms with Crippen molar-refractivity contribution < 1.29 is 13.2 Å². The van der Waals surface area contributed by atoms with E-state index in [1.807, 2.05) is 38.1 Å². The summed E-state index contributed by atoms with van der Waals surface area (Å²) in [6.45, 7) is 4.71. The molecule has 1 aromatic carbocycles. The summed E-state index contributed by atoms with van der Waals surface area (Å²) >= 11 is 3.41. The molecule has 1 aliphatic rings. The van der Waals surface area contributed by atoms with E-state index in [1.165, 1.54) is 0 Å². The van der Waals surface area contributed by atoms with Gasteiger partial charge in [0.2, 0.25) is 10.0 Å². The van der Waals surface area contributed by atoms with E-state index in [9.17, 15) is 8.42 Å². The zero-order valence-electron chi connectivity index (χ0n) is 12.4. The second kappa shape index (κ2) is 7.22. The van der Waals surface area contributed by atoms with E-state index in [0.29, 0.717) is 19.6 Å². The number of benzene rings is 1. The third kappa shape index (κ3) is 4.77. The maximum atomic E-state index is 12.5. The lowest BCUT2D eigenvalue weighted by Crippen LogP contribution is -2.46. The van der Waals surface area contributed by atoms with Crippen LogP contribution in [-0.4, -0.2) is 32.9 Å². The first-order valence-electron chi connectivity index (χ1n) is 7.22. The summed E-state index contributed by atoms with van der Waals surface area (Å²) in [5.74, 6) is -0.00354. The van der Waals surface area contributed by atoms with Crippen molar-refractivity contribution in [2.45, 2.75) is 38.0 Å². The average molecular weight is 376 g/mol. The van der Waals surface area contributed by atoms with Crippen LogP contribution in [0.4, 0.5) is 0 Å². The monoisotopic (exact) mass is 375 g/mol. The highest BCUT2D eigenvalue weighted by atomic mass is 79.9. The Kier molecular flexibility index (Phi) is 5.82. The molecule has 0 unspecified atom stereocenters. The molecule has 1 fully saturated rings. The molecule has 0 amide bonds. The zero-order valence-corrected chi connectivity index (χ0v) is 14.8. The molecule has 0 bridgehead atoms. The fraction of sp³-hybridized carbons (Fsp3) is 0.600. The first-order chi connectivity index (χ1) is 9.88. The lowest BCUT2D eigenvalue weighted by molar-refractivity contribution is 0.0569. The molecule has 0 saturated carbocycles. The van der Waals surface area contributed by atoms with Gasteiger partial charge >= 0.3 is 0 Å². The minimum Gasteiger partial charge on any atom is -0.381 e. The summed E-state index contributed by atoms with van der Waals surface area (Å²) in [5, 5.41) is -0.378. The number of halogens is 1. The Morgan fingerprint density at radius 2 is 2.00 bits per heavy atom. The summed E-state index contributed by atoms with van der Waals surface area (Å²) in [6.07, 6.45) is 1.28. The molecule has 1 heterocycles. The van der Waals surface area contributed by atoms with Gasteiger partial charge in [-0.15, -0.1) is 0 Å². The van der Waals surface area contributed by atoms with Gasteiger partial charge in [-0.05, 0) is 44.4 Å². The minimum atomic E-state index is -3.30. The number of sulfonamides is 1. The van der Waals surface area contributed by atoms with E-state index >= 15 is 0 Å². The smallest absolute Gasteiger partial charge is 0.215 e. The van der Waals surface area contributed by atoms with Gasteiger partial charge < -0.3 is 4.74 Å². The van der Waals surface area contributed by atoms with Crippen LogP contribution in [-0.2, 0) is 21.2 Å². The summed E-state index contributed by atoms with van der Waals surface area (Å²) in [6, 6.07) is 7.94. The Hall–Kier alpha value is -0.430. The van der Waals surface area contributed by atoms with Gasteiger partial charge in [0, 0.05) is 23.0 Å². The minimum absolute atomic E-state index is 0.00354. The fourth-order valence-corrected chi connectivity index (χ4v) is 4.90. The van der Waals surface area contributed by atoms with Gasteiger partial charge in [0.15, 0.2) is 0 Å². The van der Waals surface area contributed by atoms with Crippen molar-refractivity contribution in [3.63, 3.8) is 0 Å². The molecule has 0 radical (unpaired) electrons. The predicted octanol–water partition coefficient (Wildman–Crippen LogP) is 2.72. The molecule has 1 aromatic rings. The topological polar surface area (TPSA) is 55.4 Å². The maximum Gasteiger partial charge on any atom is 0.215 e. The van der Waals surface area contributed by atoms with E-state index in [-0.39, 0.29) is 17.2 Å². The van der Waals surface area contributed by atoms with Gasteiger partial charge in [-0.2, -0.15) is 0 Å². The van der Waals surface area contributed by atoms with Gasteiger partial charge in [0.25, 0.3) is 0 Å². The number of hydrogen-bond donors (Lipinski definition) is 1. The van der Waals surface area contributed by atoms with E-state index in [0.717, 1.165) is 16.5 Å². The number of hydrogen-bond acceptors (Lipinski definition) is 3. The molecular weight excluding hydrogens is 354 g/mol. The Morgan fingerprint density at radius 3 is 2.62 bits per heavy atom. The fourth-order valence-electron chi connectivity index (χ4n) is 2.72. The van der Waals surface area contributed by atoms with Crippen molar-refractivity contribution >= 4 is 26.0 Å². The van der Waals surface area contributed by atoms with Crippen LogP contribution < -0.4 is 4.72 Å². The second-order valence-electron chi connectivity index (χ2n) is 5.81. The normalized spacial score (nSPS) is 23.4. The molecule has 2 atom stereocenters. The molecule has 118 valence electrons. The highest BCUT2D eigenvalue weighted by Crippen LogP contribution is 2.26. The molecule has 1 saturated heterocycles. The molecule has 21 heavy (non-hydrogen) atoms. The Morgan fingerprint density at radius 1 is 1.33 bits per heavy atom. The maximum absolute atomic E-state index is 12.5. The zero-order chi connectivity index (χ0) is 15.5. The van der Waals surface area contributed by atoms with Crippen molar-refractivity contribution in [2.24, 2.45) is 5.92 Å². The van der Waals surface area contributed by atoms with Gasteiger partial charge in [-0.1, -0.05) is 28.1 Å². The molecular formula is C15H22BrNO3S. The molecule has 0 spiro atoms. The molecule has 6 heteroatoms. The van der Waals surface area contributed by atoms with Crippen molar-refractivity contribution in [1.82, 2.24) is 4.72 Å². The van der Waals surface area contributed by atoms with Crippen molar-refractivity contribution in [1.29, 1.82) is 0 Å². The lowest BCUT2D eigenvalue weighted by atomic mass is 9.94. The van der Waals surface area contributed by atoms with Crippen LogP contribution in [0.3, 0.4) is 0 Å². The largest absolute Gasteiger partial charge is 0.381 e. The third-order valence-corrected chi connectivity index (χ3v) is 6.36. The standard InChI is InChI=1S/C15H22BrNO3S/c1-11(2)17-21(18,19)15-7-8-20-10-13(15)9-12-3-5-14(16)6-4-12/h3-6,11,13,15,17H,7-10H2,1-2H3/t13-,15+/m1/s1. The lowest BCUT2D eigenvalue weighted by Gasteiger charge is -2.32. The molecule has 2 rings (SSSR count). The first-order valence-corrected chi connectivity index (χ1v) is 9.56. The Labute approximate surface area is 135 Å². The van der Waals surface area contributed by atoms with Gasteiger partial charge in [0.1, 0.15) is 0 Å². The molecule has 4 nitrogen and oxygen atoms in total. The quantitative estimate of drug-likeness (QED) is 0.860. The van der Waals surface area contributed by atoms with Crippen LogP contribution in [0.5, 0.6) is 0 Å². The van der Waals surface area contributed by atoms with Crippen LogP contribution >= 0.6 is 15.9 Å².